The molecule has 106 valence electrons. The summed E-state index contributed by atoms with van der Waals surface area (Å²) in [6.45, 7) is 1.84. The molecular weight excluding hydrogens is 284 g/mol. The lowest BCUT2D eigenvalue weighted by Crippen LogP contribution is -1.93. The van der Waals surface area contributed by atoms with Crippen molar-refractivity contribution in [3.05, 3.63) is 52.6 Å². The molecule has 1 aromatic heterocycles. The van der Waals surface area contributed by atoms with E-state index >= 15 is 0 Å². The van der Waals surface area contributed by atoms with E-state index in [4.69, 9.17) is 17.0 Å². The molecular formula is C15H14N4OS. The van der Waals surface area contributed by atoms with E-state index in [0.29, 0.717) is 4.77 Å². The van der Waals surface area contributed by atoms with Gasteiger partial charge in [0.25, 0.3) is 0 Å². The summed E-state index contributed by atoms with van der Waals surface area (Å²) in [5.74, 6) is 1.58. The number of rotatable bonds is 3. The number of aromatic nitrogens is 3. The Kier molecular flexibility index (Phi) is 3.53. The number of ether oxygens (including phenoxy) is 1. The molecule has 0 fully saturated rings. The molecule has 3 aromatic rings. The number of nitrogens with one attached hydrogen (secondary N) is 1. The molecule has 1 heterocycles. The molecule has 5 nitrogen and oxygen atoms in total. The first-order chi connectivity index (χ1) is 10.2. The fourth-order valence-corrected chi connectivity index (χ4v) is 2.31. The van der Waals surface area contributed by atoms with E-state index < -0.39 is 0 Å². The summed E-state index contributed by atoms with van der Waals surface area (Å²) in [6.07, 6.45) is 1.77. The van der Waals surface area contributed by atoms with Gasteiger partial charge in [0.05, 0.1) is 13.3 Å². The summed E-state index contributed by atoms with van der Waals surface area (Å²) in [7, 11) is 1.67. The molecule has 6 heteroatoms. The van der Waals surface area contributed by atoms with Gasteiger partial charge in [0, 0.05) is 0 Å². The van der Waals surface area contributed by atoms with Crippen LogP contribution >= 0.6 is 12.2 Å². The van der Waals surface area contributed by atoms with E-state index in [9.17, 15) is 0 Å². The normalized spacial score (nSPS) is 11.3. The highest BCUT2D eigenvalue weighted by molar-refractivity contribution is 7.71. The van der Waals surface area contributed by atoms with E-state index in [1.54, 1.807) is 18.0 Å². The summed E-state index contributed by atoms with van der Waals surface area (Å²) in [4.78, 5) is 0. The minimum Gasteiger partial charge on any atom is -0.497 e. The van der Waals surface area contributed by atoms with E-state index in [2.05, 4.69) is 21.4 Å². The Labute approximate surface area is 126 Å². The fraction of sp³-hybridized carbons (Fsp3) is 0.133. The molecule has 0 bridgehead atoms. The third-order valence-electron chi connectivity index (χ3n) is 3.21. The van der Waals surface area contributed by atoms with Gasteiger partial charge in [0.1, 0.15) is 11.6 Å². The molecule has 0 aliphatic rings. The van der Waals surface area contributed by atoms with Gasteiger partial charge in [-0.25, -0.2) is 0 Å². The summed E-state index contributed by atoms with van der Waals surface area (Å²) in [5, 5.41) is 13.3. The van der Waals surface area contributed by atoms with Crippen LogP contribution in [0.3, 0.4) is 0 Å². The van der Waals surface area contributed by atoms with Crippen molar-refractivity contribution in [3.8, 4) is 5.75 Å². The van der Waals surface area contributed by atoms with Crippen LogP contribution in [0.25, 0.3) is 10.8 Å². The van der Waals surface area contributed by atoms with Crippen molar-refractivity contribution in [1.29, 1.82) is 0 Å². The molecule has 0 saturated heterocycles. The van der Waals surface area contributed by atoms with E-state index in [-0.39, 0.29) is 0 Å². The standard InChI is InChI=1S/C15H14N4OS/c1-10-17-18-15(21)19(10)16-9-11-3-4-13-8-14(20-2)6-5-12(13)7-11/h3-9H,1-2H3,(H,18,21)/b16-9-. The third-order valence-corrected chi connectivity index (χ3v) is 3.47. The van der Waals surface area contributed by atoms with Gasteiger partial charge in [0.15, 0.2) is 0 Å². The number of hydrogen-bond acceptors (Lipinski definition) is 4. The van der Waals surface area contributed by atoms with Crippen molar-refractivity contribution in [2.75, 3.05) is 7.11 Å². The van der Waals surface area contributed by atoms with Gasteiger partial charge in [-0.1, -0.05) is 18.2 Å². The second kappa shape index (κ2) is 5.49. The van der Waals surface area contributed by atoms with E-state index in [1.807, 2.05) is 37.3 Å². The first-order valence-electron chi connectivity index (χ1n) is 6.43. The van der Waals surface area contributed by atoms with Crippen LogP contribution in [0.5, 0.6) is 5.75 Å². The Morgan fingerprint density at radius 2 is 2.00 bits per heavy atom. The van der Waals surface area contributed by atoms with Gasteiger partial charge in [-0.15, -0.1) is 0 Å². The molecule has 0 atom stereocenters. The zero-order valence-electron chi connectivity index (χ0n) is 11.7. The van der Waals surface area contributed by atoms with E-state index in [1.165, 1.54) is 0 Å². The average molecular weight is 298 g/mol. The Balaban J connectivity index is 1.96. The molecule has 0 aliphatic carbocycles. The number of aryl methyl sites for hydroxylation is 1. The number of aromatic amines is 1. The van der Waals surface area contributed by atoms with Gasteiger partial charge in [-0.3, -0.25) is 5.10 Å². The third kappa shape index (κ3) is 2.71. The maximum atomic E-state index is 5.22. The lowest BCUT2D eigenvalue weighted by Gasteiger charge is -2.03. The van der Waals surface area contributed by atoms with Gasteiger partial charge in [-0.2, -0.15) is 14.9 Å². The summed E-state index contributed by atoms with van der Waals surface area (Å²) in [5.41, 5.74) is 0.996. The van der Waals surface area contributed by atoms with Crippen molar-refractivity contribution in [3.63, 3.8) is 0 Å². The van der Waals surface area contributed by atoms with Gasteiger partial charge >= 0.3 is 0 Å². The number of hydrogen-bond donors (Lipinski definition) is 1. The average Bonchev–Trinajstić information content (AvgIpc) is 2.83. The molecule has 0 unspecified atom stereocenters. The first-order valence-corrected chi connectivity index (χ1v) is 6.84. The lowest BCUT2D eigenvalue weighted by atomic mass is 10.1. The largest absolute Gasteiger partial charge is 0.497 e. The maximum Gasteiger partial charge on any atom is 0.216 e. The first kappa shape index (κ1) is 13.5. The van der Waals surface area contributed by atoms with Crippen molar-refractivity contribution >= 4 is 29.2 Å². The molecule has 0 aliphatic heterocycles. The predicted molar refractivity (Wildman–Crippen MR) is 85.6 cm³/mol. The Morgan fingerprint density at radius 1 is 1.24 bits per heavy atom. The molecule has 21 heavy (non-hydrogen) atoms. The zero-order chi connectivity index (χ0) is 14.8. The van der Waals surface area contributed by atoms with Crippen LogP contribution in [-0.4, -0.2) is 28.2 Å². The fourth-order valence-electron chi connectivity index (χ4n) is 2.08. The summed E-state index contributed by atoms with van der Waals surface area (Å²) in [6, 6.07) is 12.1. The van der Waals surface area contributed by atoms with Crippen LogP contribution in [0.4, 0.5) is 0 Å². The van der Waals surface area contributed by atoms with Crippen molar-refractivity contribution in [2.45, 2.75) is 6.92 Å². The molecule has 2 aromatic carbocycles. The number of nitrogens with zero attached hydrogens (tertiary/aromatic N) is 3. The van der Waals surface area contributed by atoms with Crippen LogP contribution in [0.15, 0.2) is 41.5 Å². The minimum atomic E-state index is 0.481. The molecule has 0 amide bonds. The quantitative estimate of drug-likeness (QED) is 0.596. The van der Waals surface area contributed by atoms with Crippen LogP contribution in [0, 0.1) is 11.7 Å². The molecule has 0 spiro atoms. The van der Waals surface area contributed by atoms with Crippen LogP contribution in [0.1, 0.15) is 11.4 Å². The van der Waals surface area contributed by atoms with Gasteiger partial charge in [-0.05, 0) is 53.7 Å². The number of fused-ring (bicyclic) bond motifs is 1. The zero-order valence-corrected chi connectivity index (χ0v) is 12.5. The topological polar surface area (TPSA) is 55.2 Å². The number of H-pyrrole nitrogens is 1. The predicted octanol–water partition coefficient (Wildman–Crippen LogP) is 3.29. The summed E-state index contributed by atoms with van der Waals surface area (Å²) < 4.78 is 7.30. The Bertz CT molecular complexity index is 879. The molecule has 0 radical (unpaired) electrons. The van der Waals surface area contributed by atoms with Crippen molar-refractivity contribution < 1.29 is 4.74 Å². The minimum absolute atomic E-state index is 0.481. The smallest absolute Gasteiger partial charge is 0.216 e. The second-order valence-corrected chi connectivity index (χ2v) is 4.99. The summed E-state index contributed by atoms with van der Waals surface area (Å²) >= 11 is 5.11. The van der Waals surface area contributed by atoms with Crippen LogP contribution in [-0.2, 0) is 0 Å². The highest BCUT2D eigenvalue weighted by Crippen LogP contribution is 2.21. The molecule has 0 saturated carbocycles. The highest BCUT2D eigenvalue weighted by Gasteiger charge is 1.99. The van der Waals surface area contributed by atoms with Gasteiger partial charge in [0.2, 0.25) is 4.77 Å². The SMILES string of the molecule is COc1ccc2cc(/C=N\n3c(C)n[nH]c3=S)ccc2c1. The van der Waals surface area contributed by atoms with Crippen LogP contribution in [0.2, 0.25) is 0 Å². The van der Waals surface area contributed by atoms with Gasteiger partial charge < -0.3 is 4.74 Å². The van der Waals surface area contributed by atoms with Crippen molar-refractivity contribution in [1.82, 2.24) is 14.9 Å². The number of benzene rings is 2. The lowest BCUT2D eigenvalue weighted by molar-refractivity contribution is 0.415. The van der Waals surface area contributed by atoms with E-state index in [0.717, 1.165) is 27.9 Å². The second-order valence-electron chi connectivity index (χ2n) is 4.60. The molecule has 1 N–H and O–H groups in total. The Hall–Kier alpha value is -2.47. The molecule has 3 rings (SSSR count). The monoisotopic (exact) mass is 298 g/mol. The highest BCUT2D eigenvalue weighted by atomic mass is 32.1. The van der Waals surface area contributed by atoms with Crippen LogP contribution < -0.4 is 4.74 Å². The van der Waals surface area contributed by atoms with Crippen molar-refractivity contribution in [2.24, 2.45) is 5.10 Å². The number of methoxy groups -OCH3 is 1. The maximum absolute atomic E-state index is 5.22. The Morgan fingerprint density at radius 3 is 2.71 bits per heavy atom.